The van der Waals surface area contributed by atoms with Crippen LogP contribution in [0.4, 0.5) is 11.4 Å². The molecule has 7 heteroatoms. The van der Waals surface area contributed by atoms with Gasteiger partial charge in [-0.25, -0.2) is 4.90 Å². The van der Waals surface area contributed by atoms with Crippen molar-refractivity contribution in [3.05, 3.63) is 105 Å². The maximum atomic E-state index is 14.0. The first-order chi connectivity index (χ1) is 15.9. The Bertz CT molecular complexity index is 1360. The molecule has 7 rings (SSSR count). The lowest BCUT2D eigenvalue weighted by molar-refractivity contribution is -0.384. The molecule has 0 unspecified atom stereocenters. The minimum Gasteiger partial charge on any atom is -0.299 e. The minimum absolute atomic E-state index is 0.0573. The lowest BCUT2D eigenvalue weighted by Crippen LogP contribution is -2.57. The molecule has 0 aromatic heterocycles. The Labute approximate surface area is 188 Å². The summed E-state index contributed by atoms with van der Waals surface area (Å²) in [5.74, 6) is -3.47. The van der Waals surface area contributed by atoms with Gasteiger partial charge in [0.1, 0.15) is 11.5 Å². The Morgan fingerprint density at radius 2 is 1.42 bits per heavy atom. The van der Waals surface area contributed by atoms with Gasteiger partial charge in [-0.05, 0) is 35.2 Å². The zero-order valence-corrected chi connectivity index (χ0v) is 17.6. The van der Waals surface area contributed by atoms with Crippen molar-refractivity contribution in [1.82, 2.24) is 0 Å². The largest absolute Gasteiger partial charge is 0.299 e. The van der Waals surface area contributed by atoms with E-state index in [0.717, 1.165) is 27.2 Å². The number of nitrogens with zero attached hydrogens (tertiary/aromatic N) is 2. The van der Waals surface area contributed by atoms with Gasteiger partial charge in [-0.2, -0.15) is 0 Å². The summed E-state index contributed by atoms with van der Waals surface area (Å²) in [7, 11) is 0. The smallest absolute Gasteiger partial charge is 0.293 e. The van der Waals surface area contributed by atoms with Crippen molar-refractivity contribution < 1.29 is 19.3 Å². The number of ketones is 1. The van der Waals surface area contributed by atoms with Crippen LogP contribution in [0.3, 0.4) is 0 Å². The van der Waals surface area contributed by atoms with Gasteiger partial charge in [0.2, 0.25) is 11.8 Å². The van der Waals surface area contributed by atoms with E-state index >= 15 is 0 Å². The number of hydrogen-bond donors (Lipinski definition) is 0. The molecular formula is C26H18N2O5. The monoisotopic (exact) mass is 438 g/mol. The third-order valence-electron chi connectivity index (χ3n) is 7.49. The zero-order chi connectivity index (χ0) is 23.1. The molecule has 3 aliphatic carbocycles. The summed E-state index contributed by atoms with van der Waals surface area (Å²) >= 11 is 0. The highest BCUT2D eigenvalue weighted by molar-refractivity contribution is 6.26. The van der Waals surface area contributed by atoms with Crippen molar-refractivity contribution in [3.8, 4) is 0 Å². The quantitative estimate of drug-likeness (QED) is 0.353. The Kier molecular flexibility index (Phi) is 3.82. The van der Waals surface area contributed by atoms with Crippen LogP contribution in [0.25, 0.3) is 0 Å². The van der Waals surface area contributed by atoms with Gasteiger partial charge in [0.05, 0.1) is 22.2 Å². The van der Waals surface area contributed by atoms with Crippen LogP contribution >= 0.6 is 0 Å². The lowest BCUT2D eigenvalue weighted by atomic mass is 9.46. The fourth-order valence-electron chi connectivity index (χ4n) is 6.42. The summed E-state index contributed by atoms with van der Waals surface area (Å²) in [6, 6.07) is 20.7. The minimum atomic E-state index is -1.32. The molecular weight excluding hydrogens is 420 g/mol. The van der Waals surface area contributed by atoms with Gasteiger partial charge in [-0.1, -0.05) is 60.7 Å². The molecule has 0 saturated carbocycles. The molecule has 1 aliphatic heterocycles. The normalized spacial score (nSPS) is 26.6. The number of benzene rings is 3. The summed E-state index contributed by atoms with van der Waals surface area (Å²) in [6.45, 7) is 1.46. The molecule has 2 atom stereocenters. The number of para-hydroxylation sites is 2. The first-order valence-corrected chi connectivity index (χ1v) is 10.7. The first kappa shape index (κ1) is 19.5. The SMILES string of the molecule is CC(=O)C12c3ccccc3C(c3ccccc31)[C@H]1C(=O)N(c3ccccc3[N+](=O)[O-])C(=O)[C@H]12. The van der Waals surface area contributed by atoms with Gasteiger partial charge in [0, 0.05) is 12.0 Å². The van der Waals surface area contributed by atoms with Crippen molar-refractivity contribution in [2.45, 2.75) is 18.3 Å². The molecule has 2 bridgehead atoms. The van der Waals surface area contributed by atoms with Gasteiger partial charge in [-0.15, -0.1) is 0 Å². The molecule has 1 saturated heterocycles. The number of anilines is 1. The average Bonchev–Trinajstić information content (AvgIpc) is 3.09. The molecule has 0 N–H and O–H groups in total. The van der Waals surface area contributed by atoms with Crippen LogP contribution in [0.15, 0.2) is 72.8 Å². The fourth-order valence-corrected chi connectivity index (χ4v) is 6.42. The van der Waals surface area contributed by atoms with Crippen LogP contribution in [0.1, 0.15) is 35.1 Å². The number of hydrogen-bond acceptors (Lipinski definition) is 5. The molecule has 0 radical (unpaired) electrons. The second-order valence-electron chi connectivity index (χ2n) is 8.78. The predicted molar refractivity (Wildman–Crippen MR) is 119 cm³/mol. The first-order valence-electron chi connectivity index (χ1n) is 10.7. The molecule has 162 valence electrons. The number of carbonyl (C=O) groups is 3. The predicted octanol–water partition coefficient (Wildman–Crippen LogP) is 3.73. The highest BCUT2D eigenvalue weighted by atomic mass is 16.6. The molecule has 1 fully saturated rings. The number of rotatable bonds is 3. The van der Waals surface area contributed by atoms with E-state index in [0.29, 0.717) is 0 Å². The summed E-state index contributed by atoms with van der Waals surface area (Å²) in [6.07, 6.45) is 0. The number of Topliss-reactive ketones (excluding diaryl/α,β-unsaturated/α-hetero) is 1. The zero-order valence-electron chi connectivity index (χ0n) is 17.6. The third kappa shape index (κ3) is 2.16. The van der Waals surface area contributed by atoms with Crippen molar-refractivity contribution in [2.24, 2.45) is 11.8 Å². The topological polar surface area (TPSA) is 97.6 Å². The summed E-state index contributed by atoms with van der Waals surface area (Å²) in [5, 5.41) is 11.7. The van der Waals surface area contributed by atoms with Crippen LogP contribution in [0, 0.1) is 22.0 Å². The van der Waals surface area contributed by atoms with Crippen molar-refractivity contribution in [3.63, 3.8) is 0 Å². The van der Waals surface area contributed by atoms with E-state index < -0.39 is 39.9 Å². The second kappa shape index (κ2) is 6.45. The summed E-state index contributed by atoms with van der Waals surface area (Å²) in [4.78, 5) is 53.4. The lowest BCUT2D eigenvalue weighted by Gasteiger charge is -2.52. The Balaban J connectivity index is 1.67. The molecule has 2 amide bonds. The van der Waals surface area contributed by atoms with E-state index in [1.54, 1.807) is 6.07 Å². The number of amides is 2. The van der Waals surface area contributed by atoms with Crippen LogP contribution in [-0.2, 0) is 19.8 Å². The van der Waals surface area contributed by atoms with E-state index in [1.165, 1.54) is 25.1 Å². The summed E-state index contributed by atoms with van der Waals surface area (Å²) < 4.78 is 0. The van der Waals surface area contributed by atoms with E-state index in [-0.39, 0.29) is 17.2 Å². The van der Waals surface area contributed by atoms with Gasteiger partial charge < -0.3 is 0 Å². The summed E-state index contributed by atoms with van der Waals surface area (Å²) in [5.41, 5.74) is 1.50. The van der Waals surface area contributed by atoms with E-state index in [9.17, 15) is 24.5 Å². The Morgan fingerprint density at radius 3 is 2.00 bits per heavy atom. The highest BCUT2D eigenvalue weighted by Gasteiger charge is 2.70. The maximum absolute atomic E-state index is 14.0. The number of nitro groups is 1. The fraction of sp³-hybridized carbons (Fsp3) is 0.192. The van der Waals surface area contributed by atoms with Gasteiger partial charge in [0.15, 0.2) is 0 Å². The van der Waals surface area contributed by atoms with Gasteiger partial charge in [-0.3, -0.25) is 24.5 Å². The van der Waals surface area contributed by atoms with E-state index in [2.05, 4.69) is 0 Å². The average molecular weight is 438 g/mol. The maximum Gasteiger partial charge on any atom is 0.293 e. The van der Waals surface area contributed by atoms with Gasteiger partial charge in [0.25, 0.3) is 5.69 Å². The Hall–Kier alpha value is -4.13. The molecule has 3 aromatic rings. The standard InChI is InChI=1S/C26H18N2O5/c1-14(29)26-17-10-4-2-8-15(17)21(16-9-3-5-11-18(16)26)22-23(26)25(31)27(24(22)30)19-12-6-7-13-20(19)28(32)33/h2-13,21-23H,1H3/t21?,22-,23+,26?/m1/s1. The van der Waals surface area contributed by atoms with Crippen LogP contribution < -0.4 is 4.90 Å². The molecule has 33 heavy (non-hydrogen) atoms. The third-order valence-corrected chi connectivity index (χ3v) is 7.49. The number of carbonyl (C=O) groups excluding carboxylic acids is 3. The Morgan fingerprint density at radius 1 is 0.879 bits per heavy atom. The van der Waals surface area contributed by atoms with Crippen molar-refractivity contribution >= 4 is 29.0 Å². The number of imide groups is 1. The molecule has 1 heterocycles. The van der Waals surface area contributed by atoms with E-state index in [4.69, 9.17) is 0 Å². The second-order valence-corrected chi connectivity index (χ2v) is 8.78. The van der Waals surface area contributed by atoms with Crippen LogP contribution in [-0.4, -0.2) is 22.5 Å². The number of nitro benzene ring substituents is 1. The van der Waals surface area contributed by atoms with Crippen molar-refractivity contribution in [2.75, 3.05) is 4.90 Å². The molecule has 0 spiro atoms. The van der Waals surface area contributed by atoms with Crippen LogP contribution in [0.5, 0.6) is 0 Å². The molecule has 4 aliphatic rings. The molecule has 7 nitrogen and oxygen atoms in total. The molecule has 3 aromatic carbocycles. The van der Waals surface area contributed by atoms with Crippen molar-refractivity contribution in [1.29, 1.82) is 0 Å². The highest BCUT2D eigenvalue weighted by Crippen LogP contribution is 2.64. The van der Waals surface area contributed by atoms with Gasteiger partial charge >= 0.3 is 0 Å². The van der Waals surface area contributed by atoms with Crippen LogP contribution in [0.2, 0.25) is 0 Å². The van der Waals surface area contributed by atoms with E-state index in [1.807, 2.05) is 48.5 Å².